The van der Waals surface area contributed by atoms with Crippen molar-refractivity contribution < 1.29 is 0 Å². The van der Waals surface area contributed by atoms with E-state index in [-0.39, 0.29) is 0 Å². The molecule has 18 heavy (non-hydrogen) atoms. The number of nitrogens with two attached hydrogens (primary N) is 1. The Morgan fingerprint density at radius 2 is 2.11 bits per heavy atom. The first-order valence-electron chi connectivity index (χ1n) is 6.49. The smallest absolute Gasteiger partial charge is 0.180 e. The van der Waals surface area contributed by atoms with Gasteiger partial charge >= 0.3 is 0 Å². The molecule has 0 aliphatic heterocycles. The number of thiazole rings is 1. The normalized spacial score (nSPS) is 17.2. The minimum absolute atomic E-state index is 0.625. The highest BCUT2D eigenvalue weighted by atomic mass is 32.1. The Hall–Kier alpha value is -1.36. The summed E-state index contributed by atoms with van der Waals surface area (Å²) in [4.78, 5) is 10.2. The minimum atomic E-state index is 0.625. The van der Waals surface area contributed by atoms with Gasteiger partial charge < -0.3 is 10.3 Å². The maximum absolute atomic E-state index is 5.91. The van der Waals surface area contributed by atoms with Crippen LogP contribution < -0.4 is 5.73 Å². The van der Waals surface area contributed by atoms with Gasteiger partial charge in [-0.25, -0.2) is 9.97 Å². The van der Waals surface area contributed by atoms with Crippen LogP contribution >= 0.6 is 11.3 Å². The number of nitrogens with zero attached hydrogens (tertiary/aromatic N) is 3. The molecule has 0 amide bonds. The molecule has 2 heterocycles. The lowest BCUT2D eigenvalue weighted by Crippen LogP contribution is -2.05. The Balaban J connectivity index is 2.02. The molecular formula is C13H18N4S. The highest BCUT2D eigenvalue weighted by Gasteiger charge is 2.24. The van der Waals surface area contributed by atoms with Crippen molar-refractivity contribution >= 4 is 16.5 Å². The molecule has 3 rings (SSSR count). The molecule has 0 aromatic carbocycles. The van der Waals surface area contributed by atoms with E-state index in [4.69, 9.17) is 5.73 Å². The lowest BCUT2D eigenvalue weighted by molar-refractivity contribution is 0.448. The van der Waals surface area contributed by atoms with Crippen LogP contribution in [-0.2, 0) is 7.05 Å². The van der Waals surface area contributed by atoms with Gasteiger partial charge in [0.15, 0.2) is 11.0 Å². The van der Waals surface area contributed by atoms with Crippen molar-refractivity contribution in [2.24, 2.45) is 7.05 Å². The third kappa shape index (κ3) is 2.03. The van der Waals surface area contributed by atoms with Gasteiger partial charge in [-0.3, -0.25) is 0 Å². The van der Waals surface area contributed by atoms with E-state index >= 15 is 0 Å². The van der Waals surface area contributed by atoms with Gasteiger partial charge in [0.2, 0.25) is 0 Å². The Labute approximate surface area is 111 Å². The topological polar surface area (TPSA) is 56.7 Å². The summed E-state index contributed by atoms with van der Waals surface area (Å²) in [5.41, 5.74) is 6.91. The number of anilines is 1. The average Bonchev–Trinajstić information content (AvgIpc) is 2.96. The van der Waals surface area contributed by atoms with E-state index < -0.39 is 0 Å². The summed E-state index contributed by atoms with van der Waals surface area (Å²) < 4.78 is 2.01. The van der Waals surface area contributed by atoms with Gasteiger partial charge in [-0.15, -0.1) is 11.3 Å². The Bertz CT molecular complexity index is 537. The molecule has 0 atom stereocenters. The van der Waals surface area contributed by atoms with Crippen LogP contribution in [0.2, 0.25) is 0 Å². The molecule has 1 saturated carbocycles. The zero-order valence-electron chi connectivity index (χ0n) is 10.6. The lowest BCUT2D eigenvalue weighted by atomic mass is 9.87. The van der Waals surface area contributed by atoms with Gasteiger partial charge in [0.25, 0.3) is 0 Å². The number of rotatable bonds is 2. The Kier molecular flexibility index (Phi) is 3.07. The maximum atomic E-state index is 5.91. The molecule has 1 fully saturated rings. The summed E-state index contributed by atoms with van der Waals surface area (Å²) >= 11 is 1.64. The fraction of sp³-hybridized carbons (Fsp3) is 0.538. The van der Waals surface area contributed by atoms with Crippen molar-refractivity contribution in [1.29, 1.82) is 0 Å². The van der Waals surface area contributed by atoms with E-state index in [1.54, 1.807) is 11.3 Å². The molecular weight excluding hydrogens is 244 g/mol. The number of aryl methyl sites for hydroxylation is 1. The Morgan fingerprint density at radius 1 is 1.33 bits per heavy atom. The largest absolute Gasteiger partial charge is 0.375 e. The lowest BCUT2D eigenvalue weighted by Gasteiger charge is -2.20. The highest BCUT2D eigenvalue weighted by molar-refractivity contribution is 7.15. The van der Waals surface area contributed by atoms with Gasteiger partial charge in [-0.05, 0) is 18.8 Å². The zero-order valence-corrected chi connectivity index (χ0v) is 11.4. The van der Waals surface area contributed by atoms with E-state index in [1.165, 1.54) is 37.0 Å². The maximum Gasteiger partial charge on any atom is 0.180 e. The molecule has 0 bridgehead atoms. The van der Waals surface area contributed by atoms with Crippen LogP contribution in [0.4, 0.5) is 5.13 Å². The van der Waals surface area contributed by atoms with Crippen molar-refractivity contribution in [3.8, 4) is 11.5 Å². The minimum Gasteiger partial charge on any atom is -0.375 e. The monoisotopic (exact) mass is 262 g/mol. The SMILES string of the molecule is Cn1ccnc1-c1nc(N)sc1C1CCCCC1. The van der Waals surface area contributed by atoms with Crippen LogP contribution in [0.3, 0.4) is 0 Å². The molecule has 1 aliphatic carbocycles. The number of aromatic nitrogens is 3. The van der Waals surface area contributed by atoms with E-state index in [0.717, 1.165) is 11.5 Å². The van der Waals surface area contributed by atoms with Crippen molar-refractivity contribution in [2.75, 3.05) is 5.73 Å². The highest BCUT2D eigenvalue weighted by Crippen LogP contribution is 2.41. The fourth-order valence-electron chi connectivity index (χ4n) is 2.74. The van der Waals surface area contributed by atoms with Crippen LogP contribution in [0.25, 0.3) is 11.5 Å². The molecule has 4 nitrogen and oxygen atoms in total. The molecule has 2 N–H and O–H groups in total. The molecule has 2 aromatic heterocycles. The fourth-order valence-corrected chi connectivity index (χ4v) is 3.74. The summed E-state index contributed by atoms with van der Waals surface area (Å²) in [6.45, 7) is 0. The van der Waals surface area contributed by atoms with E-state index in [0.29, 0.717) is 11.0 Å². The second kappa shape index (κ2) is 4.72. The number of hydrogen-bond donors (Lipinski definition) is 1. The molecule has 5 heteroatoms. The third-order valence-electron chi connectivity index (χ3n) is 3.68. The summed E-state index contributed by atoms with van der Waals surface area (Å²) in [6.07, 6.45) is 10.3. The van der Waals surface area contributed by atoms with Gasteiger partial charge in [0, 0.05) is 24.3 Å². The van der Waals surface area contributed by atoms with E-state index in [2.05, 4.69) is 9.97 Å². The van der Waals surface area contributed by atoms with Crippen molar-refractivity contribution in [3.05, 3.63) is 17.3 Å². The van der Waals surface area contributed by atoms with Crippen LogP contribution in [0.5, 0.6) is 0 Å². The molecule has 96 valence electrons. The predicted octanol–water partition coefficient (Wildman–Crippen LogP) is 3.17. The first kappa shape index (κ1) is 11.7. The summed E-state index contributed by atoms with van der Waals surface area (Å²) in [5, 5.41) is 0.661. The van der Waals surface area contributed by atoms with Crippen LogP contribution in [-0.4, -0.2) is 14.5 Å². The summed E-state index contributed by atoms with van der Waals surface area (Å²) in [6, 6.07) is 0. The zero-order chi connectivity index (χ0) is 12.5. The van der Waals surface area contributed by atoms with Crippen LogP contribution in [0.1, 0.15) is 42.9 Å². The van der Waals surface area contributed by atoms with E-state index in [1.807, 2.05) is 24.0 Å². The second-order valence-electron chi connectivity index (χ2n) is 4.96. The van der Waals surface area contributed by atoms with Crippen LogP contribution in [0, 0.1) is 0 Å². The van der Waals surface area contributed by atoms with Gasteiger partial charge in [-0.2, -0.15) is 0 Å². The molecule has 0 saturated heterocycles. The number of hydrogen-bond acceptors (Lipinski definition) is 4. The second-order valence-corrected chi connectivity index (χ2v) is 6.02. The molecule has 0 unspecified atom stereocenters. The molecule has 0 radical (unpaired) electrons. The van der Waals surface area contributed by atoms with Crippen molar-refractivity contribution in [3.63, 3.8) is 0 Å². The van der Waals surface area contributed by atoms with Crippen molar-refractivity contribution in [1.82, 2.24) is 14.5 Å². The standard InChI is InChI=1S/C13H18N4S/c1-17-8-7-15-12(17)10-11(18-13(14)16-10)9-5-3-2-4-6-9/h7-9H,2-6H2,1H3,(H2,14,16). The van der Waals surface area contributed by atoms with Crippen LogP contribution in [0.15, 0.2) is 12.4 Å². The third-order valence-corrected chi connectivity index (χ3v) is 4.73. The predicted molar refractivity (Wildman–Crippen MR) is 74.6 cm³/mol. The van der Waals surface area contributed by atoms with Gasteiger partial charge in [0.1, 0.15) is 5.69 Å². The first-order chi connectivity index (χ1) is 8.75. The summed E-state index contributed by atoms with van der Waals surface area (Å²) in [5.74, 6) is 1.56. The first-order valence-corrected chi connectivity index (χ1v) is 7.31. The van der Waals surface area contributed by atoms with Crippen molar-refractivity contribution in [2.45, 2.75) is 38.0 Å². The van der Waals surface area contributed by atoms with E-state index in [9.17, 15) is 0 Å². The van der Waals surface area contributed by atoms with Gasteiger partial charge in [-0.1, -0.05) is 19.3 Å². The molecule has 1 aliphatic rings. The number of nitrogen functional groups attached to an aromatic ring is 1. The Morgan fingerprint density at radius 3 is 2.78 bits per heavy atom. The molecule has 2 aromatic rings. The van der Waals surface area contributed by atoms with Gasteiger partial charge in [0.05, 0.1) is 0 Å². The number of imidazole rings is 1. The molecule has 0 spiro atoms. The summed E-state index contributed by atoms with van der Waals surface area (Å²) in [7, 11) is 2.00. The quantitative estimate of drug-likeness (QED) is 0.904. The average molecular weight is 262 g/mol.